The van der Waals surface area contributed by atoms with Crippen LogP contribution in [0.1, 0.15) is 12.8 Å². The van der Waals surface area contributed by atoms with Gasteiger partial charge in [-0.2, -0.15) is 5.10 Å². The third-order valence-corrected chi connectivity index (χ3v) is 4.45. The number of aromatic amines is 1. The van der Waals surface area contributed by atoms with Crippen molar-refractivity contribution in [3.8, 4) is 17.1 Å². The molecule has 4 rings (SSSR count). The minimum absolute atomic E-state index is 0.105. The van der Waals surface area contributed by atoms with Gasteiger partial charge >= 0.3 is 0 Å². The zero-order chi connectivity index (χ0) is 19.3. The number of benzene rings is 2. The summed E-state index contributed by atoms with van der Waals surface area (Å²) in [5.41, 5.74) is 2.40. The Morgan fingerprint density at radius 2 is 1.93 bits per heavy atom. The number of carbonyl (C=O) groups is 2. The molecule has 2 N–H and O–H groups in total. The molecule has 0 atom stereocenters. The van der Waals surface area contributed by atoms with Crippen molar-refractivity contribution in [2.75, 3.05) is 23.4 Å². The van der Waals surface area contributed by atoms with Crippen molar-refractivity contribution in [2.24, 2.45) is 0 Å². The van der Waals surface area contributed by atoms with Crippen LogP contribution in [0.2, 0.25) is 0 Å². The molecule has 1 fully saturated rings. The first-order valence-electron chi connectivity index (χ1n) is 8.98. The van der Waals surface area contributed by atoms with Gasteiger partial charge in [-0.05, 0) is 55.0 Å². The number of ether oxygens (including phenoxy) is 1. The number of rotatable bonds is 6. The minimum atomic E-state index is -0.258. The van der Waals surface area contributed by atoms with Crippen LogP contribution in [0.3, 0.4) is 0 Å². The van der Waals surface area contributed by atoms with Crippen LogP contribution in [0.5, 0.6) is 5.75 Å². The molecule has 2 amide bonds. The standard InChI is InChI=1S/C20H19N5O3/c26-18(23-15-5-3-14(4-6-15)20-21-13-22-24-20)12-28-17-9-7-16(8-10-17)25-11-1-2-19(25)27/h3-10,13H,1-2,11-12H2,(H,23,26)(H,21,22,24). The van der Waals surface area contributed by atoms with Gasteiger partial charge in [0.25, 0.3) is 5.91 Å². The summed E-state index contributed by atoms with van der Waals surface area (Å²) in [7, 11) is 0. The molecular formula is C20H19N5O3. The fourth-order valence-corrected chi connectivity index (χ4v) is 3.05. The Labute approximate surface area is 161 Å². The lowest BCUT2D eigenvalue weighted by molar-refractivity contribution is -0.118. The SMILES string of the molecule is O=C(COc1ccc(N2CCCC2=O)cc1)Nc1ccc(-c2ncn[nH]2)cc1. The molecule has 0 spiro atoms. The predicted molar refractivity (Wildman–Crippen MR) is 104 cm³/mol. The van der Waals surface area contributed by atoms with E-state index >= 15 is 0 Å². The normalized spacial score (nSPS) is 13.6. The van der Waals surface area contributed by atoms with E-state index in [4.69, 9.17) is 4.74 Å². The Balaban J connectivity index is 1.29. The van der Waals surface area contributed by atoms with Gasteiger partial charge in [0, 0.05) is 29.9 Å². The quantitative estimate of drug-likeness (QED) is 0.688. The lowest BCUT2D eigenvalue weighted by Gasteiger charge is -2.16. The Kier molecular flexibility index (Phi) is 5.01. The van der Waals surface area contributed by atoms with Gasteiger partial charge in [0.2, 0.25) is 5.91 Å². The van der Waals surface area contributed by atoms with Crippen LogP contribution in [0.15, 0.2) is 54.9 Å². The molecule has 142 valence electrons. The summed E-state index contributed by atoms with van der Waals surface area (Å²) in [5.74, 6) is 1.13. The van der Waals surface area contributed by atoms with Gasteiger partial charge in [0.1, 0.15) is 12.1 Å². The Morgan fingerprint density at radius 1 is 1.14 bits per heavy atom. The maximum absolute atomic E-state index is 12.1. The molecule has 1 aromatic heterocycles. The van der Waals surface area contributed by atoms with E-state index in [0.717, 1.165) is 24.2 Å². The van der Waals surface area contributed by atoms with E-state index in [1.54, 1.807) is 29.2 Å². The molecule has 0 saturated carbocycles. The molecule has 2 heterocycles. The molecule has 0 aliphatic carbocycles. The topological polar surface area (TPSA) is 100 Å². The minimum Gasteiger partial charge on any atom is -0.484 e. The van der Waals surface area contributed by atoms with E-state index in [0.29, 0.717) is 23.7 Å². The molecule has 2 aromatic carbocycles. The van der Waals surface area contributed by atoms with Crippen molar-refractivity contribution >= 4 is 23.2 Å². The highest BCUT2D eigenvalue weighted by Crippen LogP contribution is 2.24. The van der Waals surface area contributed by atoms with E-state index in [1.807, 2.05) is 24.3 Å². The van der Waals surface area contributed by atoms with Crippen molar-refractivity contribution in [3.63, 3.8) is 0 Å². The van der Waals surface area contributed by atoms with E-state index in [9.17, 15) is 9.59 Å². The number of hydrogen-bond acceptors (Lipinski definition) is 5. The molecule has 0 unspecified atom stereocenters. The summed E-state index contributed by atoms with van der Waals surface area (Å²) < 4.78 is 5.53. The summed E-state index contributed by atoms with van der Waals surface area (Å²) in [6, 6.07) is 14.5. The third kappa shape index (κ3) is 4.01. The van der Waals surface area contributed by atoms with Crippen LogP contribution < -0.4 is 15.0 Å². The second kappa shape index (κ2) is 7.91. The Morgan fingerprint density at radius 3 is 2.57 bits per heavy atom. The molecule has 8 heteroatoms. The molecule has 1 aliphatic heterocycles. The third-order valence-electron chi connectivity index (χ3n) is 4.45. The van der Waals surface area contributed by atoms with Gasteiger partial charge in [0.05, 0.1) is 0 Å². The van der Waals surface area contributed by atoms with Crippen LogP contribution in [0.4, 0.5) is 11.4 Å². The number of H-pyrrole nitrogens is 1. The summed E-state index contributed by atoms with van der Waals surface area (Å²) in [6.07, 6.45) is 2.92. The van der Waals surface area contributed by atoms with Crippen molar-refractivity contribution < 1.29 is 14.3 Å². The van der Waals surface area contributed by atoms with Crippen molar-refractivity contribution in [3.05, 3.63) is 54.9 Å². The average Bonchev–Trinajstić information content (AvgIpc) is 3.39. The number of anilines is 2. The Hall–Kier alpha value is -3.68. The summed E-state index contributed by atoms with van der Waals surface area (Å²) >= 11 is 0. The van der Waals surface area contributed by atoms with Gasteiger partial charge < -0.3 is 15.0 Å². The zero-order valence-corrected chi connectivity index (χ0v) is 15.1. The van der Waals surface area contributed by atoms with E-state index in [-0.39, 0.29) is 18.4 Å². The largest absolute Gasteiger partial charge is 0.484 e. The Bertz CT molecular complexity index is 953. The first-order chi connectivity index (χ1) is 13.7. The molecule has 1 saturated heterocycles. The lowest BCUT2D eigenvalue weighted by Crippen LogP contribution is -2.23. The van der Waals surface area contributed by atoms with Crippen LogP contribution in [0.25, 0.3) is 11.4 Å². The van der Waals surface area contributed by atoms with E-state index in [2.05, 4.69) is 20.5 Å². The number of nitrogens with one attached hydrogen (secondary N) is 2. The van der Waals surface area contributed by atoms with Gasteiger partial charge in [-0.25, -0.2) is 4.98 Å². The molecule has 0 radical (unpaired) electrons. The second-order valence-corrected chi connectivity index (χ2v) is 6.39. The highest BCUT2D eigenvalue weighted by Gasteiger charge is 2.21. The molecular weight excluding hydrogens is 358 g/mol. The maximum atomic E-state index is 12.1. The number of amides is 2. The fraction of sp³-hybridized carbons (Fsp3) is 0.200. The zero-order valence-electron chi connectivity index (χ0n) is 15.1. The number of hydrogen-bond donors (Lipinski definition) is 2. The first-order valence-corrected chi connectivity index (χ1v) is 8.98. The van der Waals surface area contributed by atoms with Crippen molar-refractivity contribution in [1.29, 1.82) is 0 Å². The fourth-order valence-electron chi connectivity index (χ4n) is 3.05. The average molecular weight is 377 g/mol. The molecule has 1 aliphatic rings. The summed E-state index contributed by atoms with van der Waals surface area (Å²) in [6.45, 7) is 0.641. The predicted octanol–water partition coefficient (Wildman–Crippen LogP) is 2.62. The first kappa shape index (κ1) is 17.7. The van der Waals surface area contributed by atoms with Gasteiger partial charge in [-0.1, -0.05) is 0 Å². The smallest absolute Gasteiger partial charge is 0.262 e. The van der Waals surface area contributed by atoms with Crippen molar-refractivity contribution in [1.82, 2.24) is 15.2 Å². The van der Waals surface area contributed by atoms with Crippen LogP contribution in [-0.4, -0.2) is 40.1 Å². The highest BCUT2D eigenvalue weighted by molar-refractivity contribution is 5.95. The van der Waals surface area contributed by atoms with Gasteiger partial charge in [-0.15, -0.1) is 0 Å². The maximum Gasteiger partial charge on any atom is 0.262 e. The van der Waals surface area contributed by atoms with Crippen LogP contribution in [-0.2, 0) is 9.59 Å². The van der Waals surface area contributed by atoms with Gasteiger partial charge in [-0.3, -0.25) is 14.7 Å². The molecule has 28 heavy (non-hydrogen) atoms. The summed E-state index contributed by atoms with van der Waals surface area (Å²) in [4.78, 5) is 29.7. The number of aromatic nitrogens is 3. The van der Waals surface area contributed by atoms with E-state index in [1.165, 1.54) is 6.33 Å². The van der Waals surface area contributed by atoms with Gasteiger partial charge in [0.15, 0.2) is 12.4 Å². The van der Waals surface area contributed by atoms with Crippen molar-refractivity contribution in [2.45, 2.75) is 12.8 Å². The summed E-state index contributed by atoms with van der Waals surface area (Å²) in [5, 5.41) is 9.38. The molecule has 0 bridgehead atoms. The second-order valence-electron chi connectivity index (χ2n) is 6.39. The number of nitrogens with zero attached hydrogens (tertiary/aromatic N) is 3. The number of carbonyl (C=O) groups excluding carboxylic acids is 2. The van der Waals surface area contributed by atoms with Crippen LogP contribution >= 0.6 is 0 Å². The lowest BCUT2D eigenvalue weighted by atomic mass is 10.2. The highest BCUT2D eigenvalue weighted by atomic mass is 16.5. The molecule has 3 aromatic rings. The van der Waals surface area contributed by atoms with E-state index < -0.39 is 0 Å². The monoisotopic (exact) mass is 377 g/mol. The van der Waals surface area contributed by atoms with Crippen LogP contribution in [0, 0.1) is 0 Å². The molecule has 8 nitrogen and oxygen atoms in total.